The van der Waals surface area contributed by atoms with E-state index in [1.807, 2.05) is 0 Å². The van der Waals surface area contributed by atoms with E-state index in [9.17, 15) is 0 Å². The fourth-order valence-electron chi connectivity index (χ4n) is 1.96. The number of hydrogen-bond donors (Lipinski definition) is 0. The molecule has 0 saturated heterocycles. The van der Waals surface area contributed by atoms with E-state index in [2.05, 4.69) is 66.0 Å². The molecule has 2 rings (SSSR count). The highest BCUT2D eigenvalue weighted by Crippen LogP contribution is 2.27. The summed E-state index contributed by atoms with van der Waals surface area (Å²) in [5.41, 5.74) is 3.72. The highest BCUT2D eigenvalue weighted by molar-refractivity contribution is 9.10. The van der Waals surface area contributed by atoms with E-state index in [0.717, 1.165) is 16.5 Å². The van der Waals surface area contributed by atoms with Crippen LogP contribution in [0.1, 0.15) is 37.8 Å². The summed E-state index contributed by atoms with van der Waals surface area (Å²) in [6.45, 7) is 6.57. The molecule has 1 aromatic heterocycles. The molecule has 2 aromatic rings. The van der Waals surface area contributed by atoms with Crippen LogP contribution in [0.4, 0.5) is 0 Å². The van der Waals surface area contributed by atoms with Gasteiger partial charge in [0.05, 0.1) is 5.52 Å². The highest BCUT2D eigenvalue weighted by atomic mass is 79.9. The molecule has 1 nitrogen and oxygen atoms in total. The van der Waals surface area contributed by atoms with Gasteiger partial charge in [-0.2, -0.15) is 0 Å². The van der Waals surface area contributed by atoms with Gasteiger partial charge in [-0.3, -0.25) is 0 Å². The summed E-state index contributed by atoms with van der Waals surface area (Å²) in [7, 11) is 0. The molecule has 2 heteroatoms. The number of halogens is 1. The maximum absolute atomic E-state index is 4.68. The molecular formula is C14H16BrN. The number of nitrogens with zero attached hydrogens (tertiary/aromatic N) is 1. The molecule has 0 fully saturated rings. The van der Waals surface area contributed by atoms with Gasteiger partial charge in [-0.1, -0.05) is 39.0 Å². The Morgan fingerprint density at radius 1 is 1.31 bits per heavy atom. The molecule has 0 N–H and O–H groups in total. The van der Waals surface area contributed by atoms with Gasteiger partial charge in [0, 0.05) is 5.39 Å². The van der Waals surface area contributed by atoms with Crippen molar-refractivity contribution in [1.82, 2.24) is 4.98 Å². The van der Waals surface area contributed by atoms with Gasteiger partial charge in [-0.15, -0.1) is 0 Å². The van der Waals surface area contributed by atoms with Gasteiger partial charge in [0.2, 0.25) is 0 Å². The van der Waals surface area contributed by atoms with E-state index in [4.69, 9.17) is 0 Å². The van der Waals surface area contributed by atoms with Crippen molar-refractivity contribution in [1.29, 1.82) is 0 Å². The van der Waals surface area contributed by atoms with Crippen LogP contribution in [0.3, 0.4) is 0 Å². The predicted octanol–water partition coefficient (Wildman–Crippen LogP) is 4.68. The Hall–Kier alpha value is -0.890. The Bertz CT molecular complexity index is 517. The summed E-state index contributed by atoms with van der Waals surface area (Å²) in [6.07, 6.45) is 1.01. The zero-order valence-electron chi connectivity index (χ0n) is 9.92. The van der Waals surface area contributed by atoms with Crippen LogP contribution in [-0.4, -0.2) is 4.98 Å². The summed E-state index contributed by atoms with van der Waals surface area (Å²) in [4.78, 5) is 4.68. The van der Waals surface area contributed by atoms with Crippen LogP contribution in [0.5, 0.6) is 0 Å². The Kier molecular flexibility index (Phi) is 3.29. The Morgan fingerprint density at radius 3 is 2.69 bits per heavy atom. The predicted molar refractivity (Wildman–Crippen MR) is 72.9 cm³/mol. The second-order valence-electron chi connectivity index (χ2n) is 4.37. The summed E-state index contributed by atoms with van der Waals surface area (Å²) in [5.74, 6) is 0.510. The number of hydrogen-bond acceptors (Lipinski definition) is 1. The molecule has 0 atom stereocenters. The minimum atomic E-state index is 0.510. The molecule has 1 aromatic carbocycles. The quantitative estimate of drug-likeness (QED) is 0.727. The summed E-state index contributed by atoms with van der Waals surface area (Å²) in [6, 6.07) is 8.66. The van der Waals surface area contributed by atoms with E-state index < -0.39 is 0 Å². The van der Waals surface area contributed by atoms with Crippen molar-refractivity contribution in [3.8, 4) is 0 Å². The molecule has 0 saturated carbocycles. The average molecular weight is 278 g/mol. The van der Waals surface area contributed by atoms with Gasteiger partial charge in [0.15, 0.2) is 0 Å². The lowest BCUT2D eigenvalue weighted by atomic mass is 9.99. The summed E-state index contributed by atoms with van der Waals surface area (Å²) in [5, 5.41) is 1.24. The van der Waals surface area contributed by atoms with Gasteiger partial charge < -0.3 is 0 Å². The lowest BCUT2D eigenvalue weighted by Crippen LogP contribution is -1.94. The first kappa shape index (κ1) is 11.6. The van der Waals surface area contributed by atoms with E-state index in [1.165, 1.54) is 16.5 Å². The van der Waals surface area contributed by atoms with Crippen molar-refractivity contribution < 1.29 is 0 Å². The second-order valence-corrected chi connectivity index (χ2v) is 5.12. The number of aromatic nitrogens is 1. The van der Waals surface area contributed by atoms with Crippen molar-refractivity contribution in [3.05, 3.63) is 40.0 Å². The van der Waals surface area contributed by atoms with Crippen molar-refractivity contribution in [3.63, 3.8) is 0 Å². The van der Waals surface area contributed by atoms with Crippen LogP contribution in [0.25, 0.3) is 10.9 Å². The minimum absolute atomic E-state index is 0.510. The van der Waals surface area contributed by atoms with E-state index in [0.29, 0.717) is 5.92 Å². The third kappa shape index (κ3) is 1.99. The number of para-hydroxylation sites is 1. The number of pyridine rings is 1. The van der Waals surface area contributed by atoms with Crippen LogP contribution < -0.4 is 0 Å². The molecule has 0 bridgehead atoms. The first-order valence-corrected chi connectivity index (χ1v) is 6.50. The van der Waals surface area contributed by atoms with Crippen LogP contribution in [0.15, 0.2) is 28.9 Å². The molecule has 0 amide bonds. The molecule has 1 heterocycles. The minimum Gasteiger partial charge on any atom is -0.240 e. The number of aryl methyl sites for hydroxylation is 1. The zero-order valence-corrected chi connectivity index (χ0v) is 11.5. The molecule has 0 unspecified atom stereocenters. The van der Waals surface area contributed by atoms with Gasteiger partial charge in [-0.25, -0.2) is 4.98 Å². The lowest BCUT2D eigenvalue weighted by Gasteiger charge is -2.11. The van der Waals surface area contributed by atoms with Crippen molar-refractivity contribution in [2.75, 3.05) is 0 Å². The molecule has 0 aliphatic heterocycles. The molecule has 84 valence electrons. The third-order valence-corrected chi connectivity index (χ3v) is 3.59. The van der Waals surface area contributed by atoms with Crippen molar-refractivity contribution >= 4 is 26.8 Å². The summed E-state index contributed by atoms with van der Waals surface area (Å²) < 4.78 is 0.982. The molecule has 0 aliphatic rings. The number of fused-ring (bicyclic) bond motifs is 1. The third-order valence-electron chi connectivity index (χ3n) is 2.91. The van der Waals surface area contributed by atoms with Crippen molar-refractivity contribution in [2.45, 2.75) is 33.1 Å². The standard InChI is InChI=1S/C14H16BrN/c1-4-10-8-11-6-5-7-12(9(2)3)13(11)16-14(10)15/h5-9H,4H2,1-3H3. The first-order valence-electron chi connectivity index (χ1n) is 5.71. The average Bonchev–Trinajstić information content (AvgIpc) is 2.27. The van der Waals surface area contributed by atoms with E-state index >= 15 is 0 Å². The Morgan fingerprint density at radius 2 is 2.06 bits per heavy atom. The van der Waals surface area contributed by atoms with Crippen LogP contribution >= 0.6 is 15.9 Å². The zero-order chi connectivity index (χ0) is 11.7. The van der Waals surface area contributed by atoms with E-state index in [-0.39, 0.29) is 0 Å². The monoisotopic (exact) mass is 277 g/mol. The Balaban J connectivity index is 2.74. The first-order chi connectivity index (χ1) is 7.63. The molecule has 0 spiro atoms. The van der Waals surface area contributed by atoms with Crippen LogP contribution in [0, 0.1) is 0 Å². The molecule has 0 radical (unpaired) electrons. The highest BCUT2D eigenvalue weighted by Gasteiger charge is 2.08. The SMILES string of the molecule is CCc1cc2cccc(C(C)C)c2nc1Br. The van der Waals surface area contributed by atoms with Gasteiger partial charge in [0.25, 0.3) is 0 Å². The molecule has 16 heavy (non-hydrogen) atoms. The van der Waals surface area contributed by atoms with E-state index in [1.54, 1.807) is 0 Å². The molecular weight excluding hydrogens is 262 g/mol. The topological polar surface area (TPSA) is 12.9 Å². The van der Waals surface area contributed by atoms with Gasteiger partial charge >= 0.3 is 0 Å². The van der Waals surface area contributed by atoms with Crippen LogP contribution in [0.2, 0.25) is 0 Å². The maximum atomic E-state index is 4.68. The fourth-order valence-corrected chi connectivity index (χ4v) is 2.53. The fraction of sp³-hybridized carbons (Fsp3) is 0.357. The lowest BCUT2D eigenvalue weighted by molar-refractivity contribution is 0.872. The number of benzene rings is 1. The largest absolute Gasteiger partial charge is 0.240 e. The van der Waals surface area contributed by atoms with Gasteiger partial charge in [-0.05, 0) is 45.5 Å². The normalized spacial score (nSPS) is 11.3. The molecule has 0 aliphatic carbocycles. The van der Waals surface area contributed by atoms with Gasteiger partial charge in [0.1, 0.15) is 4.60 Å². The summed E-state index contributed by atoms with van der Waals surface area (Å²) >= 11 is 3.55. The second kappa shape index (κ2) is 4.54. The van der Waals surface area contributed by atoms with Crippen LogP contribution in [-0.2, 0) is 6.42 Å². The maximum Gasteiger partial charge on any atom is 0.110 e. The number of rotatable bonds is 2. The van der Waals surface area contributed by atoms with Crippen molar-refractivity contribution in [2.24, 2.45) is 0 Å². The smallest absolute Gasteiger partial charge is 0.110 e. The Labute approximate surface area is 105 Å².